The first kappa shape index (κ1) is 20.9. The van der Waals surface area contributed by atoms with Crippen LogP contribution < -0.4 is 4.74 Å². The van der Waals surface area contributed by atoms with Crippen molar-refractivity contribution >= 4 is 26.7 Å². The van der Waals surface area contributed by atoms with Gasteiger partial charge in [-0.15, -0.1) is 0 Å². The molecule has 0 spiro atoms. The number of rotatable bonds is 7. The number of ketones is 1. The van der Waals surface area contributed by atoms with Crippen LogP contribution in [-0.2, 0) is 16.4 Å². The van der Waals surface area contributed by atoms with Crippen molar-refractivity contribution in [2.45, 2.75) is 24.7 Å². The van der Waals surface area contributed by atoms with E-state index < -0.39 is 10.0 Å². The van der Waals surface area contributed by atoms with Crippen LogP contribution in [0.15, 0.2) is 83.8 Å². The third-order valence-electron chi connectivity index (χ3n) is 5.25. The molecule has 158 valence electrons. The molecule has 1 heterocycles. The number of ether oxygens (including phenoxy) is 1. The maximum atomic E-state index is 13.5. The van der Waals surface area contributed by atoms with Crippen LogP contribution in [0.3, 0.4) is 0 Å². The van der Waals surface area contributed by atoms with E-state index in [0.717, 1.165) is 22.4 Å². The fourth-order valence-corrected chi connectivity index (χ4v) is 5.29. The Bertz CT molecular complexity index is 1360. The number of aromatic nitrogens is 1. The van der Waals surface area contributed by atoms with Crippen molar-refractivity contribution < 1.29 is 17.9 Å². The highest BCUT2D eigenvalue weighted by Crippen LogP contribution is 2.29. The molecule has 5 nitrogen and oxygen atoms in total. The van der Waals surface area contributed by atoms with Gasteiger partial charge in [0.1, 0.15) is 11.4 Å². The minimum atomic E-state index is -3.97. The molecule has 1 aromatic heterocycles. The van der Waals surface area contributed by atoms with Gasteiger partial charge in [0.25, 0.3) is 10.0 Å². The fourth-order valence-electron chi connectivity index (χ4n) is 3.75. The van der Waals surface area contributed by atoms with Crippen molar-refractivity contribution in [3.63, 3.8) is 0 Å². The van der Waals surface area contributed by atoms with E-state index in [9.17, 15) is 13.2 Å². The van der Waals surface area contributed by atoms with E-state index in [2.05, 4.69) is 6.92 Å². The summed E-state index contributed by atoms with van der Waals surface area (Å²) >= 11 is 0. The van der Waals surface area contributed by atoms with Gasteiger partial charge in [0.2, 0.25) is 5.78 Å². The Kier molecular flexibility index (Phi) is 5.65. The van der Waals surface area contributed by atoms with Crippen LogP contribution in [0.1, 0.15) is 35.0 Å². The van der Waals surface area contributed by atoms with E-state index >= 15 is 0 Å². The molecule has 0 saturated heterocycles. The second-order valence-corrected chi connectivity index (χ2v) is 9.06. The minimum Gasteiger partial charge on any atom is -0.496 e. The molecule has 6 heteroatoms. The van der Waals surface area contributed by atoms with Crippen molar-refractivity contribution in [1.29, 1.82) is 0 Å². The van der Waals surface area contributed by atoms with Gasteiger partial charge < -0.3 is 4.74 Å². The van der Waals surface area contributed by atoms with Crippen molar-refractivity contribution in [2.24, 2.45) is 0 Å². The number of methoxy groups -OCH3 is 1. The molecule has 0 saturated carbocycles. The average Bonchev–Trinajstić information content (AvgIpc) is 3.20. The minimum absolute atomic E-state index is 0.0929. The Morgan fingerprint density at radius 3 is 2.35 bits per heavy atom. The molecule has 0 unspecified atom stereocenters. The number of carbonyl (C=O) groups excluding carboxylic acids is 1. The monoisotopic (exact) mass is 433 g/mol. The first-order valence-corrected chi connectivity index (χ1v) is 11.5. The lowest BCUT2D eigenvalue weighted by Gasteiger charge is -2.13. The molecule has 4 aromatic rings. The third-order valence-corrected chi connectivity index (χ3v) is 6.99. The highest BCUT2D eigenvalue weighted by atomic mass is 32.2. The molecule has 0 aliphatic rings. The molecule has 0 radical (unpaired) electrons. The summed E-state index contributed by atoms with van der Waals surface area (Å²) in [6.45, 7) is 2.07. The van der Waals surface area contributed by atoms with Gasteiger partial charge in [0.05, 0.1) is 17.5 Å². The molecule has 0 aliphatic carbocycles. The van der Waals surface area contributed by atoms with Crippen LogP contribution >= 0.6 is 0 Å². The summed E-state index contributed by atoms with van der Waals surface area (Å²) in [7, 11) is -2.40. The number of carbonyl (C=O) groups is 1. The van der Waals surface area contributed by atoms with E-state index in [1.54, 1.807) is 61.7 Å². The lowest BCUT2D eigenvalue weighted by atomic mass is 10.0. The summed E-state index contributed by atoms with van der Waals surface area (Å²) in [5, 5.41) is 0.680. The van der Waals surface area contributed by atoms with Crippen LogP contribution in [0, 0.1) is 0 Å². The quantitative estimate of drug-likeness (QED) is 0.382. The highest BCUT2D eigenvalue weighted by molar-refractivity contribution is 7.90. The number of fused-ring (bicyclic) bond motifs is 1. The van der Waals surface area contributed by atoms with Crippen LogP contribution in [0.5, 0.6) is 5.75 Å². The molecule has 0 fully saturated rings. The predicted octanol–water partition coefficient (Wildman–Crippen LogP) is 5.07. The molecule has 0 aliphatic heterocycles. The average molecular weight is 434 g/mol. The van der Waals surface area contributed by atoms with Gasteiger partial charge in [-0.25, -0.2) is 12.4 Å². The van der Waals surface area contributed by atoms with E-state index in [0.29, 0.717) is 22.2 Å². The fraction of sp³-hybridized carbons (Fsp3) is 0.160. The number of benzene rings is 3. The number of hydrogen-bond donors (Lipinski definition) is 0. The van der Waals surface area contributed by atoms with Crippen LogP contribution in [0.2, 0.25) is 0 Å². The maximum Gasteiger partial charge on any atom is 0.268 e. The summed E-state index contributed by atoms with van der Waals surface area (Å²) < 4.78 is 33.6. The number of nitrogens with zero attached hydrogens (tertiary/aromatic N) is 1. The maximum absolute atomic E-state index is 13.5. The lowest BCUT2D eigenvalue weighted by Crippen LogP contribution is -2.19. The molecule has 0 atom stereocenters. The Labute approximate surface area is 182 Å². The standard InChI is InChI=1S/C25H23NO4S/c1-3-9-18-14-15-20(17-24(18)30-2)25(27)23-16-19-10-7-8-13-22(19)26(23)31(28,29)21-11-5-4-6-12-21/h4-8,10-17H,3,9H2,1-2H3. The van der Waals surface area contributed by atoms with Crippen molar-refractivity contribution in [3.8, 4) is 5.75 Å². The molecule has 4 rings (SSSR count). The van der Waals surface area contributed by atoms with Crippen LogP contribution in [0.25, 0.3) is 10.9 Å². The van der Waals surface area contributed by atoms with Gasteiger partial charge in [-0.05, 0) is 42.3 Å². The summed E-state index contributed by atoms with van der Waals surface area (Å²) in [5.74, 6) is 0.248. The SMILES string of the molecule is CCCc1ccc(C(=O)c2cc3ccccc3n2S(=O)(=O)c2ccccc2)cc1OC. The first-order chi connectivity index (χ1) is 15.0. The number of hydrogen-bond acceptors (Lipinski definition) is 4. The molecule has 0 amide bonds. The Morgan fingerprint density at radius 1 is 0.935 bits per heavy atom. The molecule has 0 bridgehead atoms. The normalized spacial score (nSPS) is 11.5. The molecule has 3 aromatic carbocycles. The van der Waals surface area contributed by atoms with Crippen molar-refractivity contribution in [1.82, 2.24) is 3.97 Å². The van der Waals surface area contributed by atoms with Gasteiger partial charge in [-0.2, -0.15) is 0 Å². The molecule has 0 N–H and O–H groups in total. The summed E-state index contributed by atoms with van der Waals surface area (Å²) in [6.07, 6.45) is 1.79. The highest BCUT2D eigenvalue weighted by Gasteiger charge is 2.27. The third kappa shape index (κ3) is 3.75. The number of para-hydroxylation sites is 1. The van der Waals surface area contributed by atoms with Gasteiger partial charge >= 0.3 is 0 Å². The van der Waals surface area contributed by atoms with E-state index in [1.165, 1.54) is 12.1 Å². The summed E-state index contributed by atoms with van der Waals surface area (Å²) in [4.78, 5) is 13.6. The zero-order valence-electron chi connectivity index (χ0n) is 17.4. The van der Waals surface area contributed by atoms with E-state index in [4.69, 9.17) is 4.74 Å². The zero-order valence-corrected chi connectivity index (χ0v) is 18.2. The lowest BCUT2D eigenvalue weighted by molar-refractivity contribution is 0.103. The van der Waals surface area contributed by atoms with Crippen LogP contribution in [0.4, 0.5) is 0 Å². The topological polar surface area (TPSA) is 65.4 Å². The Morgan fingerprint density at radius 2 is 1.65 bits per heavy atom. The second-order valence-electron chi connectivity index (χ2n) is 7.28. The van der Waals surface area contributed by atoms with E-state index in [1.807, 2.05) is 12.1 Å². The Hall–Kier alpha value is -3.38. The zero-order chi connectivity index (χ0) is 22.0. The van der Waals surface area contributed by atoms with Crippen LogP contribution in [-0.4, -0.2) is 25.3 Å². The molecule has 31 heavy (non-hydrogen) atoms. The second kappa shape index (κ2) is 8.40. The van der Waals surface area contributed by atoms with Gasteiger partial charge in [0, 0.05) is 10.9 Å². The van der Waals surface area contributed by atoms with E-state index in [-0.39, 0.29) is 16.4 Å². The smallest absolute Gasteiger partial charge is 0.268 e. The van der Waals surface area contributed by atoms with Gasteiger partial charge in [-0.3, -0.25) is 4.79 Å². The Balaban J connectivity index is 1.91. The summed E-state index contributed by atoms with van der Waals surface area (Å²) in [5.41, 5.74) is 1.95. The molecular weight excluding hydrogens is 410 g/mol. The molecular formula is C25H23NO4S. The van der Waals surface area contributed by atoms with Crippen molar-refractivity contribution in [3.05, 3.63) is 95.7 Å². The number of aryl methyl sites for hydroxylation is 1. The van der Waals surface area contributed by atoms with Gasteiger partial charge in [0.15, 0.2) is 0 Å². The van der Waals surface area contributed by atoms with Gasteiger partial charge in [-0.1, -0.05) is 61.9 Å². The predicted molar refractivity (Wildman–Crippen MR) is 121 cm³/mol. The first-order valence-electron chi connectivity index (χ1n) is 10.1. The summed E-state index contributed by atoms with van der Waals surface area (Å²) in [6, 6.07) is 22.1. The van der Waals surface area contributed by atoms with Crippen molar-refractivity contribution in [2.75, 3.05) is 7.11 Å². The largest absolute Gasteiger partial charge is 0.496 e.